The lowest BCUT2D eigenvalue weighted by Gasteiger charge is -2.15. The maximum Gasteiger partial charge on any atom is 0.338 e. The Hall–Kier alpha value is -1.85. The van der Waals surface area contributed by atoms with E-state index in [-0.39, 0.29) is 0 Å². The Morgan fingerprint density at radius 2 is 1.91 bits per heavy atom. The Labute approximate surface area is 137 Å². The first-order chi connectivity index (χ1) is 10.9. The summed E-state index contributed by atoms with van der Waals surface area (Å²) in [5.74, 6) is -0.353. The van der Waals surface area contributed by atoms with Crippen LogP contribution in [0.1, 0.15) is 25.8 Å². The molecular formula is C18H24O5. The summed E-state index contributed by atoms with van der Waals surface area (Å²) in [7, 11) is 3.00. The molecule has 1 heterocycles. The van der Waals surface area contributed by atoms with Crippen LogP contribution in [0.5, 0.6) is 5.75 Å². The van der Waals surface area contributed by atoms with Crippen LogP contribution in [0.3, 0.4) is 0 Å². The molecule has 2 rings (SSSR count). The minimum absolute atomic E-state index is 0.416. The molecular weight excluding hydrogens is 296 g/mol. The summed E-state index contributed by atoms with van der Waals surface area (Å²) in [6, 6.07) is 7.98. The monoisotopic (exact) mass is 320 g/mol. The molecule has 1 fully saturated rings. The van der Waals surface area contributed by atoms with Crippen LogP contribution in [0.25, 0.3) is 0 Å². The van der Waals surface area contributed by atoms with Gasteiger partial charge in [0.15, 0.2) is 11.9 Å². The molecule has 0 N–H and O–H groups in total. The highest BCUT2D eigenvalue weighted by molar-refractivity contribution is 5.76. The molecule has 5 nitrogen and oxygen atoms in total. The molecule has 126 valence electrons. The van der Waals surface area contributed by atoms with Gasteiger partial charge >= 0.3 is 5.97 Å². The van der Waals surface area contributed by atoms with Crippen LogP contribution in [0.2, 0.25) is 0 Å². The molecule has 0 saturated carbocycles. The van der Waals surface area contributed by atoms with Crippen LogP contribution >= 0.6 is 0 Å². The number of ether oxygens (including phenoxy) is 4. The van der Waals surface area contributed by atoms with Crippen molar-refractivity contribution in [3.05, 3.63) is 42.0 Å². The van der Waals surface area contributed by atoms with Gasteiger partial charge in [-0.25, -0.2) is 4.79 Å². The molecule has 0 aliphatic carbocycles. The van der Waals surface area contributed by atoms with Gasteiger partial charge < -0.3 is 18.9 Å². The summed E-state index contributed by atoms with van der Waals surface area (Å²) in [6.45, 7) is 3.57. The molecule has 0 spiro atoms. The molecule has 23 heavy (non-hydrogen) atoms. The van der Waals surface area contributed by atoms with Gasteiger partial charge in [0, 0.05) is 0 Å². The maximum atomic E-state index is 11.8. The number of esters is 1. The van der Waals surface area contributed by atoms with E-state index in [9.17, 15) is 4.79 Å². The largest absolute Gasteiger partial charge is 0.497 e. The molecule has 1 aromatic rings. The van der Waals surface area contributed by atoms with Crippen LogP contribution in [0.4, 0.5) is 0 Å². The summed E-state index contributed by atoms with van der Waals surface area (Å²) in [4.78, 5) is 11.8. The van der Waals surface area contributed by atoms with E-state index < -0.39 is 24.0 Å². The molecule has 0 bridgehead atoms. The second kappa shape index (κ2) is 7.62. The zero-order valence-electron chi connectivity index (χ0n) is 14.1. The zero-order chi connectivity index (χ0) is 16.9. The highest BCUT2D eigenvalue weighted by Crippen LogP contribution is 2.29. The summed E-state index contributed by atoms with van der Waals surface area (Å²) in [6.07, 6.45) is 4.50. The fraction of sp³-hybridized carbons (Fsp3) is 0.500. The van der Waals surface area contributed by atoms with Crippen molar-refractivity contribution in [1.29, 1.82) is 0 Å². The number of hydrogen-bond acceptors (Lipinski definition) is 5. The second-order valence-electron chi connectivity index (χ2n) is 5.86. The van der Waals surface area contributed by atoms with E-state index in [4.69, 9.17) is 18.9 Å². The summed E-state index contributed by atoms with van der Waals surface area (Å²) in [5, 5.41) is 0. The third kappa shape index (κ3) is 4.81. The maximum absolute atomic E-state index is 11.8. The number of carbonyl (C=O) groups excluding carboxylic acids is 1. The first-order valence-corrected chi connectivity index (χ1v) is 7.68. The normalized spacial score (nSPS) is 23.1. The van der Waals surface area contributed by atoms with Crippen molar-refractivity contribution in [3.8, 4) is 5.75 Å². The number of methoxy groups -OCH3 is 2. The van der Waals surface area contributed by atoms with Gasteiger partial charge in [-0.15, -0.1) is 0 Å². The quantitative estimate of drug-likeness (QED) is 0.596. The first-order valence-electron chi connectivity index (χ1n) is 7.68. The fourth-order valence-corrected chi connectivity index (χ4v) is 2.50. The Kier molecular flexibility index (Phi) is 5.80. The highest BCUT2D eigenvalue weighted by Gasteiger charge is 2.44. The molecule has 0 radical (unpaired) electrons. The van der Waals surface area contributed by atoms with E-state index in [0.717, 1.165) is 18.6 Å². The van der Waals surface area contributed by atoms with Crippen LogP contribution in [0.15, 0.2) is 36.4 Å². The van der Waals surface area contributed by atoms with Gasteiger partial charge in [-0.2, -0.15) is 0 Å². The van der Waals surface area contributed by atoms with Gasteiger partial charge in [0.2, 0.25) is 0 Å². The summed E-state index contributed by atoms with van der Waals surface area (Å²) < 4.78 is 21.2. The van der Waals surface area contributed by atoms with Crippen molar-refractivity contribution < 1.29 is 23.7 Å². The molecule has 0 unspecified atom stereocenters. The van der Waals surface area contributed by atoms with E-state index in [1.165, 1.54) is 12.7 Å². The number of allylic oxidation sites excluding steroid dienone is 1. The Morgan fingerprint density at radius 1 is 1.22 bits per heavy atom. The van der Waals surface area contributed by atoms with Crippen molar-refractivity contribution in [2.45, 2.75) is 44.7 Å². The van der Waals surface area contributed by atoms with E-state index in [1.807, 2.05) is 36.4 Å². The first kappa shape index (κ1) is 17.5. The van der Waals surface area contributed by atoms with Crippen LogP contribution < -0.4 is 4.74 Å². The second-order valence-corrected chi connectivity index (χ2v) is 5.86. The lowest BCUT2D eigenvalue weighted by Crippen LogP contribution is -2.31. The molecule has 1 aliphatic rings. The predicted molar refractivity (Wildman–Crippen MR) is 86.3 cm³/mol. The van der Waals surface area contributed by atoms with Crippen molar-refractivity contribution in [1.82, 2.24) is 0 Å². The topological polar surface area (TPSA) is 54.0 Å². The van der Waals surface area contributed by atoms with E-state index in [1.54, 1.807) is 21.0 Å². The minimum atomic E-state index is -0.788. The highest BCUT2D eigenvalue weighted by atomic mass is 16.8. The van der Waals surface area contributed by atoms with Gasteiger partial charge in [-0.05, 0) is 44.4 Å². The smallest absolute Gasteiger partial charge is 0.338 e. The van der Waals surface area contributed by atoms with Crippen molar-refractivity contribution in [3.63, 3.8) is 0 Å². The van der Waals surface area contributed by atoms with Gasteiger partial charge in [0.1, 0.15) is 11.9 Å². The van der Waals surface area contributed by atoms with E-state index >= 15 is 0 Å². The van der Waals surface area contributed by atoms with Crippen LogP contribution in [-0.2, 0) is 25.4 Å². The van der Waals surface area contributed by atoms with Crippen LogP contribution in [0, 0.1) is 0 Å². The third-order valence-electron chi connectivity index (χ3n) is 3.65. The molecule has 1 saturated heterocycles. The minimum Gasteiger partial charge on any atom is -0.497 e. The molecule has 2 atom stereocenters. The van der Waals surface area contributed by atoms with Gasteiger partial charge in [-0.1, -0.05) is 24.3 Å². The number of benzene rings is 1. The van der Waals surface area contributed by atoms with Gasteiger partial charge in [-0.3, -0.25) is 0 Å². The fourth-order valence-electron chi connectivity index (χ4n) is 2.50. The summed E-state index contributed by atoms with van der Waals surface area (Å²) in [5.41, 5.74) is 1.23. The molecule has 0 aromatic heterocycles. The lowest BCUT2D eigenvalue weighted by atomic mass is 10.1. The average Bonchev–Trinajstić information content (AvgIpc) is 2.86. The SMILES string of the molecule is COC(=O)[C@@H]1OC(C)(C)O[C@@H]1/C=C/CCc1ccc(OC)cc1. The van der Waals surface area contributed by atoms with Crippen LogP contribution in [-0.4, -0.2) is 38.2 Å². The number of aryl methyl sites for hydroxylation is 1. The predicted octanol–water partition coefficient (Wildman–Crippen LogP) is 2.88. The zero-order valence-corrected chi connectivity index (χ0v) is 14.1. The number of rotatable bonds is 6. The lowest BCUT2D eigenvalue weighted by molar-refractivity contribution is -0.167. The molecule has 1 aromatic carbocycles. The van der Waals surface area contributed by atoms with Gasteiger partial charge in [0.05, 0.1) is 14.2 Å². The Bertz CT molecular complexity index is 547. The van der Waals surface area contributed by atoms with Gasteiger partial charge in [0.25, 0.3) is 0 Å². The molecule has 1 aliphatic heterocycles. The average molecular weight is 320 g/mol. The van der Waals surface area contributed by atoms with Crippen molar-refractivity contribution >= 4 is 5.97 Å². The third-order valence-corrected chi connectivity index (χ3v) is 3.65. The van der Waals surface area contributed by atoms with E-state index in [2.05, 4.69) is 0 Å². The Balaban J connectivity index is 1.89. The Morgan fingerprint density at radius 3 is 2.52 bits per heavy atom. The number of carbonyl (C=O) groups is 1. The van der Waals surface area contributed by atoms with Crippen molar-refractivity contribution in [2.75, 3.05) is 14.2 Å². The van der Waals surface area contributed by atoms with E-state index in [0.29, 0.717) is 0 Å². The summed E-state index contributed by atoms with van der Waals surface area (Å²) >= 11 is 0. The number of hydrogen-bond donors (Lipinski definition) is 0. The van der Waals surface area contributed by atoms with Crippen molar-refractivity contribution in [2.24, 2.45) is 0 Å². The molecule has 0 amide bonds. The molecule has 5 heteroatoms. The standard InChI is InChI=1S/C18H24O5/c1-18(2)22-15(16(23-18)17(19)21-4)8-6-5-7-13-9-11-14(20-3)12-10-13/h6,8-12,15-16H,5,7H2,1-4H3/b8-6+/t15-,16-/m1/s1.